The van der Waals surface area contributed by atoms with E-state index in [1.54, 1.807) is 12.1 Å². The van der Waals surface area contributed by atoms with Crippen molar-refractivity contribution < 1.29 is 4.79 Å². The molecule has 1 saturated heterocycles. The molecule has 1 amide bonds. The van der Waals surface area contributed by atoms with E-state index in [1.807, 2.05) is 44.3 Å². The third kappa shape index (κ3) is 3.90. The standard InChI is InChI=1S/C22H27N5O2/c1-15(2)27-21(28)10-9-20(25-27)26-13-4-3-6-16(26)14-24-22(29)18-7-5-8-19-17(18)11-12-23-19/h5,7-12,15-16,23H,3-4,6,13-14H2,1-2H3,(H,24,29). The molecule has 2 aromatic heterocycles. The largest absolute Gasteiger partial charge is 0.361 e. The van der Waals surface area contributed by atoms with Crippen molar-refractivity contribution in [3.63, 3.8) is 0 Å². The monoisotopic (exact) mass is 393 g/mol. The molecule has 0 spiro atoms. The summed E-state index contributed by atoms with van der Waals surface area (Å²) in [7, 11) is 0. The van der Waals surface area contributed by atoms with Gasteiger partial charge in [-0.05, 0) is 57.4 Å². The Morgan fingerprint density at radius 1 is 1.24 bits per heavy atom. The first-order valence-corrected chi connectivity index (χ1v) is 10.3. The summed E-state index contributed by atoms with van der Waals surface area (Å²) in [6.07, 6.45) is 5.03. The van der Waals surface area contributed by atoms with Crippen molar-refractivity contribution in [2.45, 2.75) is 45.2 Å². The van der Waals surface area contributed by atoms with Gasteiger partial charge in [-0.15, -0.1) is 0 Å². The molecule has 1 unspecified atom stereocenters. The molecular formula is C22H27N5O2. The molecule has 29 heavy (non-hydrogen) atoms. The van der Waals surface area contributed by atoms with Crippen LogP contribution in [-0.4, -0.2) is 39.8 Å². The summed E-state index contributed by atoms with van der Waals surface area (Å²) in [5.41, 5.74) is 1.54. The molecule has 152 valence electrons. The quantitative estimate of drug-likeness (QED) is 0.698. The van der Waals surface area contributed by atoms with E-state index in [1.165, 1.54) is 4.68 Å². The van der Waals surface area contributed by atoms with Crippen molar-refractivity contribution in [2.75, 3.05) is 18.0 Å². The number of hydrogen-bond acceptors (Lipinski definition) is 4. The van der Waals surface area contributed by atoms with Crippen LogP contribution >= 0.6 is 0 Å². The Balaban J connectivity index is 1.51. The second-order valence-corrected chi connectivity index (χ2v) is 7.87. The van der Waals surface area contributed by atoms with Gasteiger partial charge in [-0.3, -0.25) is 9.59 Å². The van der Waals surface area contributed by atoms with Gasteiger partial charge in [0, 0.05) is 47.9 Å². The van der Waals surface area contributed by atoms with E-state index < -0.39 is 0 Å². The number of benzene rings is 1. The predicted octanol–water partition coefficient (Wildman–Crippen LogP) is 3.09. The van der Waals surface area contributed by atoms with Gasteiger partial charge in [0.25, 0.3) is 11.5 Å². The minimum Gasteiger partial charge on any atom is -0.361 e. The van der Waals surface area contributed by atoms with Gasteiger partial charge >= 0.3 is 0 Å². The van der Waals surface area contributed by atoms with Crippen LogP contribution in [0.25, 0.3) is 10.9 Å². The molecule has 4 rings (SSSR count). The van der Waals surface area contributed by atoms with E-state index in [-0.39, 0.29) is 23.6 Å². The molecular weight excluding hydrogens is 366 g/mol. The second kappa shape index (κ2) is 8.11. The summed E-state index contributed by atoms with van der Waals surface area (Å²) in [6.45, 7) is 5.32. The molecule has 3 aromatic rings. The van der Waals surface area contributed by atoms with Crippen molar-refractivity contribution in [3.8, 4) is 0 Å². The molecule has 2 N–H and O–H groups in total. The number of hydrogen-bond donors (Lipinski definition) is 2. The summed E-state index contributed by atoms with van der Waals surface area (Å²) in [4.78, 5) is 30.2. The number of carbonyl (C=O) groups excluding carboxylic acids is 1. The van der Waals surface area contributed by atoms with Crippen LogP contribution in [0.3, 0.4) is 0 Å². The average Bonchev–Trinajstić information content (AvgIpc) is 3.21. The molecule has 1 aromatic carbocycles. The number of fused-ring (bicyclic) bond motifs is 1. The highest BCUT2D eigenvalue weighted by molar-refractivity contribution is 6.06. The molecule has 3 heterocycles. The van der Waals surface area contributed by atoms with Crippen LogP contribution in [0.15, 0.2) is 47.4 Å². The van der Waals surface area contributed by atoms with Crippen molar-refractivity contribution in [1.29, 1.82) is 0 Å². The lowest BCUT2D eigenvalue weighted by Gasteiger charge is -2.37. The summed E-state index contributed by atoms with van der Waals surface area (Å²) in [5, 5.41) is 8.61. The van der Waals surface area contributed by atoms with Gasteiger partial charge in [0.1, 0.15) is 5.82 Å². The highest BCUT2D eigenvalue weighted by Gasteiger charge is 2.25. The van der Waals surface area contributed by atoms with Gasteiger partial charge in [-0.2, -0.15) is 5.10 Å². The summed E-state index contributed by atoms with van der Waals surface area (Å²) in [5.74, 6) is 0.728. The average molecular weight is 393 g/mol. The first-order valence-electron chi connectivity index (χ1n) is 10.3. The Labute approximate surface area is 169 Å². The van der Waals surface area contributed by atoms with Crippen LogP contribution in [0.2, 0.25) is 0 Å². The fourth-order valence-corrected chi connectivity index (χ4v) is 4.04. The smallest absolute Gasteiger partial charge is 0.267 e. The van der Waals surface area contributed by atoms with Crippen molar-refractivity contribution in [2.24, 2.45) is 0 Å². The minimum atomic E-state index is -0.0924. The van der Waals surface area contributed by atoms with E-state index in [0.29, 0.717) is 12.1 Å². The molecule has 0 radical (unpaired) electrons. The van der Waals surface area contributed by atoms with Crippen molar-refractivity contribution >= 4 is 22.6 Å². The van der Waals surface area contributed by atoms with Crippen molar-refractivity contribution in [3.05, 3.63) is 58.5 Å². The fourth-order valence-electron chi connectivity index (χ4n) is 4.04. The lowest BCUT2D eigenvalue weighted by Crippen LogP contribution is -2.47. The Bertz CT molecular complexity index is 1070. The van der Waals surface area contributed by atoms with E-state index in [4.69, 9.17) is 0 Å². The lowest BCUT2D eigenvalue weighted by molar-refractivity contribution is 0.0951. The number of aromatic amines is 1. The maximum Gasteiger partial charge on any atom is 0.267 e. The van der Waals surface area contributed by atoms with Gasteiger partial charge in [0.05, 0.1) is 6.04 Å². The Morgan fingerprint density at radius 3 is 2.93 bits per heavy atom. The van der Waals surface area contributed by atoms with Crippen LogP contribution < -0.4 is 15.8 Å². The van der Waals surface area contributed by atoms with E-state index in [9.17, 15) is 9.59 Å². The SMILES string of the molecule is CC(C)n1nc(N2CCCCC2CNC(=O)c2cccc3[nH]ccc23)ccc1=O. The second-order valence-electron chi connectivity index (χ2n) is 7.87. The van der Waals surface area contributed by atoms with E-state index in [2.05, 4.69) is 20.3 Å². The molecule has 7 nitrogen and oxygen atoms in total. The van der Waals surface area contributed by atoms with Crippen LogP contribution in [0, 0.1) is 0 Å². The maximum atomic E-state index is 12.8. The lowest BCUT2D eigenvalue weighted by atomic mass is 10.0. The van der Waals surface area contributed by atoms with Gasteiger partial charge in [-0.1, -0.05) is 6.07 Å². The highest BCUT2D eigenvalue weighted by atomic mass is 16.1. The topological polar surface area (TPSA) is 83.0 Å². The molecule has 0 aliphatic carbocycles. The van der Waals surface area contributed by atoms with E-state index >= 15 is 0 Å². The summed E-state index contributed by atoms with van der Waals surface area (Å²) in [6, 6.07) is 11.2. The van der Waals surface area contributed by atoms with Gasteiger partial charge < -0.3 is 15.2 Å². The number of piperidine rings is 1. The fraction of sp³-hybridized carbons (Fsp3) is 0.409. The summed E-state index contributed by atoms with van der Waals surface area (Å²) < 4.78 is 1.52. The zero-order valence-electron chi connectivity index (χ0n) is 16.9. The normalized spacial score (nSPS) is 17.1. The first-order chi connectivity index (χ1) is 14.0. The molecule has 0 bridgehead atoms. The molecule has 1 aliphatic rings. The third-order valence-electron chi connectivity index (χ3n) is 5.56. The van der Waals surface area contributed by atoms with Crippen molar-refractivity contribution in [1.82, 2.24) is 20.1 Å². The number of H-pyrrole nitrogens is 1. The maximum absolute atomic E-state index is 12.8. The first kappa shape index (κ1) is 19.2. The Hall–Kier alpha value is -3.09. The minimum absolute atomic E-state index is 0.00670. The number of amides is 1. The number of rotatable bonds is 5. The molecule has 1 atom stereocenters. The van der Waals surface area contributed by atoms with Crippen LogP contribution in [0.4, 0.5) is 5.82 Å². The number of carbonyl (C=O) groups is 1. The van der Waals surface area contributed by atoms with Gasteiger partial charge in [-0.25, -0.2) is 4.68 Å². The van der Waals surface area contributed by atoms with Gasteiger partial charge in [0.15, 0.2) is 0 Å². The highest BCUT2D eigenvalue weighted by Crippen LogP contribution is 2.23. The molecule has 0 saturated carbocycles. The molecule has 7 heteroatoms. The molecule has 1 aliphatic heterocycles. The number of nitrogens with one attached hydrogen (secondary N) is 2. The number of nitrogens with zero attached hydrogens (tertiary/aromatic N) is 3. The number of anilines is 1. The Morgan fingerprint density at radius 2 is 2.10 bits per heavy atom. The zero-order chi connectivity index (χ0) is 20.4. The van der Waals surface area contributed by atoms with E-state index in [0.717, 1.165) is 42.5 Å². The molecule has 1 fully saturated rings. The predicted molar refractivity (Wildman–Crippen MR) is 114 cm³/mol. The van der Waals surface area contributed by atoms with Crippen LogP contribution in [0.1, 0.15) is 49.5 Å². The summed E-state index contributed by atoms with van der Waals surface area (Å²) >= 11 is 0. The number of aromatic nitrogens is 3. The van der Waals surface area contributed by atoms with Crippen LogP contribution in [0.5, 0.6) is 0 Å². The Kier molecular flexibility index (Phi) is 5.38. The van der Waals surface area contributed by atoms with Crippen LogP contribution in [-0.2, 0) is 0 Å². The third-order valence-corrected chi connectivity index (χ3v) is 5.56. The zero-order valence-corrected chi connectivity index (χ0v) is 16.9. The van der Waals surface area contributed by atoms with Gasteiger partial charge in [0.2, 0.25) is 0 Å².